The second kappa shape index (κ2) is 8.51. The molecule has 2 aromatic carbocycles. The highest BCUT2D eigenvalue weighted by molar-refractivity contribution is 7.89. The topological polar surface area (TPSA) is 86.8 Å². The van der Waals surface area contributed by atoms with Crippen LogP contribution in [-0.4, -0.2) is 50.7 Å². The van der Waals surface area contributed by atoms with E-state index in [9.17, 15) is 18.0 Å². The van der Waals surface area contributed by atoms with Gasteiger partial charge in [-0.25, -0.2) is 8.42 Å². The quantitative estimate of drug-likeness (QED) is 0.636. The van der Waals surface area contributed by atoms with Gasteiger partial charge in [-0.3, -0.25) is 14.5 Å². The van der Waals surface area contributed by atoms with Gasteiger partial charge in [-0.05, 0) is 24.6 Å². The Labute approximate surface area is 171 Å². The van der Waals surface area contributed by atoms with Gasteiger partial charge in [0, 0.05) is 36.0 Å². The van der Waals surface area contributed by atoms with Crippen LogP contribution < -0.4 is 10.2 Å². The first-order valence-electron chi connectivity index (χ1n) is 10.0. The number of rotatable bonds is 9. The lowest BCUT2D eigenvalue weighted by atomic mass is 10.1. The van der Waals surface area contributed by atoms with E-state index in [0.717, 1.165) is 12.8 Å². The number of benzene rings is 2. The molecule has 0 unspecified atom stereocenters. The second-order valence-electron chi connectivity index (χ2n) is 7.00. The zero-order valence-corrected chi connectivity index (χ0v) is 17.9. The third-order valence-electron chi connectivity index (χ3n) is 5.22. The van der Waals surface area contributed by atoms with Gasteiger partial charge in [0.2, 0.25) is 15.9 Å². The summed E-state index contributed by atoms with van der Waals surface area (Å²) in [4.78, 5) is 26.8. The molecule has 0 radical (unpaired) electrons. The van der Waals surface area contributed by atoms with Crippen LogP contribution in [0.4, 0.5) is 5.69 Å². The van der Waals surface area contributed by atoms with E-state index in [1.54, 1.807) is 38.1 Å². The Hall–Kier alpha value is -2.45. The van der Waals surface area contributed by atoms with Crippen LogP contribution in [0.15, 0.2) is 35.2 Å². The third kappa shape index (κ3) is 3.74. The van der Waals surface area contributed by atoms with Crippen molar-refractivity contribution >= 4 is 38.3 Å². The van der Waals surface area contributed by atoms with Gasteiger partial charge in [0.25, 0.3) is 5.91 Å². The Bertz CT molecular complexity index is 1050. The van der Waals surface area contributed by atoms with E-state index in [1.807, 2.05) is 6.92 Å². The van der Waals surface area contributed by atoms with E-state index >= 15 is 0 Å². The first-order chi connectivity index (χ1) is 13.9. The molecule has 3 rings (SSSR count). The number of nitrogens with one attached hydrogen (secondary N) is 1. The van der Waals surface area contributed by atoms with Crippen LogP contribution in [-0.2, 0) is 14.8 Å². The lowest BCUT2D eigenvalue weighted by Crippen LogP contribution is -2.39. The number of amides is 2. The summed E-state index contributed by atoms with van der Waals surface area (Å²) in [7, 11) is -3.68. The van der Waals surface area contributed by atoms with E-state index in [-0.39, 0.29) is 23.3 Å². The summed E-state index contributed by atoms with van der Waals surface area (Å²) in [6.45, 7) is 6.84. The van der Waals surface area contributed by atoms with Crippen molar-refractivity contribution in [2.75, 3.05) is 31.1 Å². The van der Waals surface area contributed by atoms with Crippen molar-refractivity contribution in [1.82, 2.24) is 9.62 Å². The van der Waals surface area contributed by atoms with E-state index in [1.165, 1.54) is 15.3 Å². The standard InChI is InChI=1S/C21H27N3O4S/c1-4-7-13-22-19(25)14-24-17-11-12-18(29(27,28)23(5-2)6-3)15-9-8-10-16(20(15)17)21(24)26/h8-12H,4-7,13-14H2,1-3H3,(H,22,25). The molecular weight excluding hydrogens is 390 g/mol. The lowest BCUT2D eigenvalue weighted by molar-refractivity contribution is -0.119. The van der Waals surface area contributed by atoms with Crippen molar-refractivity contribution in [3.8, 4) is 0 Å². The molecule has 8 heteroatoms. The molecule has 0 spiro atoms. The molecular formula is C21H27N3O4S. The fourth-order valence-corrected chi connectivity index (χ4v) is 5.35. The van der Waals surface area contributed by atoms with Gasteiger partial charge in [-0.2, -0.15) is 4.31 Å². The fourth-order valence-electron chi connectivity index (χ4n) is 3.71. The summed E-state index contributed by atoms with van der Waals surface area (Å²) < 4.78 is 27.6. The number of nitrogens with zero attached hydrogens (tertiary/aromatic N) is 2. The summed E-state index contributed by atoms with van der Waals surface area (Å²) >= 11 is 0. The second-order valence-corrected chi connectivity index (χ2v) is 8.90. The highest BCUT2D eigenvalue weighted by Crippen LogP contribution is 2.40. The van der Waals surface area contributed by atoms with Gasteiger partial charge in [0.1, 0.15) is 6.54 Å². The van der Waals surface area contributed by atoms with Crippen LogP contribution in [0.3, 0.4) is 0 Å². The number of sulfonamides is 1. The number of unbranched alkanes of at least 4 members (excludes halogenated alkanes) is 1. The molecule has 2 amide bonds. The van der Waals surface area contributed by atoms with Gasteiger partial charge in [0.15, 0.2) is 0 Å². The van der Waals surface area contributed by atoms with Crippen molar-refractivity contribution in [3.63, 3.8) is 0 Å². The SMILES string of the molecule is CCCCNC(=O)CN1C(=O)c2cccc3c(S(=O)(=O)N(CC)CC)ccc1c23. The maximum atomic E-state index is 13.1. The predicted molar refractivity (Wildman–Crippen MR) is 114 cm³/mol. The Morgan fingerprint density at radius 2 is 1.83 bits per heavy atom. The highest BCUT2D eigenvalue weighted by atomic mass is 32.2. The zero-order chi connectivity index (χ0) is 21.2. The molecule has 1 heterocycles. The summed E-state index contributed by atoms with van der Waals surface area (Å²) in [5, 5.41) is 3.92. The largest absolute Gasteiger partial charge is 0.355 e. The van der Waals surface area contributed by atoms with Crippen LogP contribution in [0, 0.1) is 0 Å². The van der Waals surface area contributed by atoms with Crippen molar-refractivity contribution in [2.45, 2.75) is 38.5 Å². The minimum atomic E-state index is -3.68. The molecule has 156 valence electrons. The maximum Gasteiger partial charge on any atom is 0.259 e. The molecule has 29 heavy (non-hydrogen) atoms. The van der Waals surface area contributed by atoms with Gasteiger partial charge >= 0.3 is 0 Å². The summed E-state index contributed by atoms with van der Waals surface area (Å²) in [5.41, 5.74) is 1.00. The summed E-state index contributed by atoms with van der Waals surface area (Å²) in [6, 6.07) is 8.25. The summed E-state index contributed by atoms with van der Waals surface area (Å²) in [5.74, 6) is -0.513. The van der Waals surface area contributed by atoms with Crippen molar-refractivity contribution < 1.29 is 18.0 Å². The van der Waals surface area contributed by atoms with Crippen LogP contribution in [0.25, 0.3) is 10.8 Å². The number of carbonyl (C=O) groups excluding carboxylic acids is 2. The van der Waals surface area contributed by atoms with E-state index < -0.39 is 10.0 Å². The van der Waals surface area contributed by atoms with E-state index in [0.29, 0.717) is 41.7 Å². The highest BCUT2D eigenvalue weighted by Gasteiger charge is 2.34. The molecule has 0 atom stereocenters. The van der Waals surface area contributed by atoms with E-state index in [2.05, 4.69) is 5.32 Å². The molecule has 0 aromatic heterocycles. The zero-order valence-electron chi connectivity index (χ0n) is 17.1. The Balaban J connectivity index is 2.03. The molecule has 0 bridgehead atoms. The number of hydrogen-bond donors (Lipinski definition) is 1. The minimum absolute atomic E-state index is 0.0888. The molecule has 0 aliphatic carbocycles. The van der Waals surface area contributed by atoms with Gasteiger partial charge in [0.05, 0.1) is 10.6 Å². The summed E-state index contributed by atoms with van der Waals surface area (Å²) in [6.07, 6.45) is 1.85. The first-order valence-corrected chi connectivity index (χ1v) is 11.4. The molecule has 1 aliphatic rings. The molecule has 2 aromatic rings. The Morgan fingerprint density at radius 3 is 2.48 bits per heavy atom. The van der Waals surface area contributed by atoms with Crippen LogP contribution in [0.2, 0.25) is 0 Å². The average Bonchev–Trinajstić information content (AvgIpc) is 2.96. The average molecular weight is 418 g/mol. The molecule has 1 N–H and O–H groups in total. The molecule has 0 saturated heterocycles. The van der Waals surface area contributed by atoms with Crippen LogP contribution >= 0.6 is 0 Å². The normalized spacial score (nSPS) is 13.5. The maximum absolute atomic E-state index is 13.1. The third-order valence-corrected chi connectivity index (χ3v) is 7.33. The Morgan fingerprint density at radius 1 is 1.10 bits per heavy atom. The van der Waals surface area contributed by atoms with E-state index in [4.69, 9.17) is 0 Å². The number of carbonyl (C=O) groups is 2. The molecule has 7 nitrogen and oxygen atoms in total. The van der Waals surface area contributed by atoms with Crippen molar-refractivity contribution in [1.29, 1.82) is 0 Å². The predicted octanol–water partition coefficient (Wildman–Crippen LogP) is 2.75. The smallest absolute Gasteiger partial charge is 0.259 e. The van der Waals surface area contributed by atoms with Crippen LogP contribution in [0.1, 0.15) is 44.0 Å². The van der Waals surface area contributed by atoms with Crippen LogP contribution in [0.5, 0.6) is 0 Å². The van der Waals surface area contributed by atoms with Crippen molar-refractivity contribution in [3.05, 3.63) is 35.9 Å². The minimum Gasteiger partial charge on any atom is -0.355 e. The first kappa shape index (κ1) is 21.3. The lowest BCUT2D eigenvalue weighted by Gasteiger charge is -2.21. The number of anilines is 1. The van der Waals surface area contributed by atoms with Gasteiger partial charge in [-0.15, -0.1) is 0 Å². The van der Waals surface area contributed by atoms with Crippen molar-refractivity contribution in [2.24, 2.45) is 0 Å². The van der Waals surface area contributed by atoms with Gasteiger partial charge < -0.3 is 5.32 Å². The number of hydrogen-bond acceptors (Lipinski definition) is 4. The molecule has 0 fully saturated rings. The fraction of sp³-hybridized carbons (Fsp3) is 0.429. The monoisotopic (exact) mass is 417 g/mol. The molecule has 0 saturated carbocycles. The molecule has 1 aliphatic heterocycles. The van der Waals surface area contributed by atoms with Gasteiger partial charge in [-0.1, -0.05) is 39.3 Å². The Kier molecular flexibility index (Phi) is 6.24.